The van der Waals surface area contributed by atoms with Crippen molar-refractivity contribution in [3.63, 3.8) is 0 Å². The smallest absolute Gasteiger partial charge is 0.145 e. The lowest BCUT2D eigenvalue weighted by Crippen LogP contribution is -2.16. The maximum atomic E-state index is 6.86. The van der Waals surface area contributed by atoms with Gasteiger partial charge in [-0.25, -0.2) is 0 Å². The molecule has 10 aromatic rings. The molecule has 0 saturated carbocycles. The van der Waals surface area contributed by atoms with Crippen LogP contribution in [-0.4, -0.2) is 0 Å². The summed E-state index contributed by atoms with van der Waals surface area (Å²) < 4.78 is 13.4. The van der Waals surface area contributed by atoms with Crippen LogP contribution in [0.25, 0.3) is 76.9 Å². The van der Waals surface area contributed by atoms with E-state index in [1.165, 1.54) is 33.0 Å². The molecule has 3 nitrogen and oxygen atoms in total. The number of anilines is 3. The van der Waals surface area contributed by atoms with E-state index in [0.29, 0.717) is 0 Å². The second kappa shape index (κ2) is 10.7. The minimum absolute atomic E-state index is 0.145. The minimum Gasteiger partial charge on any atom is -0.456 e. The standard InChI is InChI=1S/C49H33NO2/c1-49(2)39-17-8-5-15-37(39)46-40(49)18-11-19-41(46)50(33-24-25-36-35-14-6-9-20-43(35)51-45(36)29-33)42-27-26-34(32-23-22-30-12-3-4-13-31(30)28-32)48-47(42)38-16-7-10-21-44(38)52-48/h3-29H,1-2H3. The molecule has 0 unspecified atom stereocenters. The predicted molar refractivity (Wildman–Crippen MR) is 216 cm³/mol. The van der Waals surface area contributed by atoms with E-state index in [1.807, 2.05) is 12.1 Å². The van der Waals surface area contributed by atoms with Gasteiger partial charge in [-0.1, -0.05) is 123 Å². The fraction of sp³-hybridized carbons (Fsp3) is 0.0612. The fourth-order valence-corrected chi connectivity index (χ4v) is 8.76. The molecule has 0 fully saturated rings. The Kier molecular flexibility index (Phi) is 6.01. The van der Waals surface area contributed by atoms with Crippen LogP contribution in [0.4, 0.5) is 17.1 Å². The van der Waals surface area contributed by atoms with E-state index in [1.54, 1.807) is 0 Å². The maximum absolute atomic E-state index is 6.86. The van der Waals surface area contributed by atoms with Gasteiger partial charge in [-0.05, 0) is 81.6 Å². The van der Waals surface area contributed by atoms with Crippen LogP contribution < -0.4 is 4.90 Å². The quantitative estimate of drug-likeness (QED) is 0.187. The Balaban J connectivity index is 1.24. The van der Waals surface area contributed by atoms with Crippen LogP contribution in [0.5, 0.6) is 0 Å². The van der Waals surface area contributed by atoms with E-state index < -0.39 is 0 Å². The van der Waals surface area contributed by atoms with Crippen LogP contribution in [0.15, 0.2) is 173 Å². The molecule has 0 amide bonds. The third-order valence-electron chi connectivity index (χ3n) is 11.3. The van der Waals surface area contributed by atoms with Gasteiger partial charge in [0.05, 0.1) is 16.8 Å². The molecule has 246 valence electrons. The van der Waals surface area contributed by atoms with Crippen molar-refractivity contribution in [3.05, 3.63) is 175 Å². The first-order valence-corrected chi connectivity index (χ1v) is 17.9. The van der Waals surface area contributed by atoms with Gasteiger partial charge in [-0.2, -0.15) is 0 Å². The summed E-state index contributed by atoms with van der Waals surface area (Å²) in [4.78, 5) is 2.43. The Morgan fingerprint density at radius 3 is 2.06 bits per heavy atom. The lowest BCUT2D eigenvalue weighted by molar-refractivity contribution is 0.660. The molecule has 1 aliphatic rings. The van der Waals surface area contributed by atoms with E-state index in [2.05, 4.69) is 170 Å². The largest absolute Gasteiger partial charge is 0.456 e. The summed E-state index contributed by atoms with van der Waals surface area (Å²) in [6.45, 7) is 4.68. The van der Waals surface area contributed by atoms with Gasteiger partial charge in [-0.3, -0.25) is 0 Å². The third-order valence-corrected chi connectivity index (χ3v) is 11.3. The number of para-hydroxylation sites is 2. The number of benzene rings is 8. The second-order valence-corrected chi connectivity index (χ2v) is 14.5. The highest BCUT2D eigenvalue weighted by Gasteiger charge is 2.38. The molecule has 2 aromatic heterocycles. The van der Waals surface area contributed by atoms with Gasteiger partial charge in [0, 0.05) is 44.5 Å². The van der Waals surface area contributed by atoms with Crippen molar-refractivity contribution in [2.45, 2.75) is 19.3 Å². The number of rotatable bonds is 4. The molecule has 0 saturated heterocycles. The average molecular weight is 668 g/mol. The van der Waals surface area contributed by atoms with Gasteiger partial charge in [0.15, 0.2) is 0 Å². The molecule has 11 rings (SSSR count). The number of hydrogen-bond acceptors (Lipinski definition) is 3. The van der Waals surface area contributed by atoms with Crippen molar-refractivity contribution in [1.29, 1.82) is 0 Å². The zero-order chi connectivity index (χ0) is 34.6. The number of nitrogens with zero attached hydrogens (tertiary/aromatic N) is 1. The van der Waals surface area contributed by atoms with Gasteiger partial charge < -0.3 is 13.7 Å². The zero-order valence-corrected chi connectivity index (χ0v) is 28.9. The van der Waals surface area contributed by atoms with Gasteiger partial charge in [0.25, 0.3) is 0 Å². The number of furan rings is 2. The van der Waals surface area contributed by atoms with Crippen molar-refractivity contribution in [1.82, 2.24) is 0 Å². The first kappa shape index (κ1) is 29.2. The highest BCUT2D eigenvalue weighted by atomic mass is 16.3. The summed E-state index contributed by atoms with van der Waals surface area (Å²) in [5, 5.41) is 6.81. The number of fused-ring (bicyclic) bond motifs is 10. The summed E-state index contributed by atoms with van der Waals surface area (Å²) in [5.41, 5.74) is 13.9. The monoisotopic (exact) mass is 667 g/mol. The van der Waals surface area contributed by atoms with Crippen molar-refractivity contribution in [3.8, 4) is 22.3 Å². The van der Waals surface area contributed by atoms with E-state index in [4.69, 9.17) is 8.83 Å². The zero-order valence-electron chi connectivity index (χ0n) is 28.9. The molecule has 0 spiro atoms. The Morgan fingerprint density at radius 1 is 0.462 bits per heavy atom. The fourth-order valence-electron chi connectivity index (χ4n) is 8.76. The van der Waals surface area contributed by atoms with E-state index in [0.717, 1.165) is 72.1 Å². The van der Waals surface area contributed by atoms with Gasteiger partial charge in [-0.15, -0.1) is 0 Å². The molecule has 2 heterocycles. The molecule has 0 atom stereocenters. The lowest BCUT2D eigenvalue weighted by Gasteiger charge is -2.29. The molecule has 3 heteroatoms. The molecule has 1 aliphatic carbocycles. The maximum Gasteiger partial charge on any atom is 0.145 e. The van der Waals surface area contributed by atoms with Gasteiger partial charge in [0.1, 0.15) is 22.3 Å². The van der Waals surface area contributed by atoms with Crippen molar-refractivity contribution >= 4 is 71.7 Å². The molecular formula is C49H33NO2. The summed E-state index contributed by atoms with van der Waals surface area (Å²) in [6, 6.07) is 58.7. The first-order chi connectivity index (χ1) is 25.5. The highest BCUT2D eigenvalue weighted by molar-refractivity contribution is 6.18. The van der Waals surface area contributed by atoms with Gasteiger partial charge >= 0.3 is 0 Å². The summed E-state index contributed by atoms with van der Waals surface area (Å²) >= 11 is 0. The van der Waals surface area contributed by atoms with E-state index in [9.17, 15) is 0 Å². The van der Waals surface area contributed by atoms with Crippen LogP contribution in [0.3, 0.4) is 0 Å². The van der Waals surface area contributed by atoms with Crippen LogP contribution in [0.1, 0.15) is 25.0 Å². The van der Waals surface area contributed by atoms with Gasteiger partial charge in [0.2, 0.25) is 0 Å². The van der Waals surface area contributed by atoms with E-state index >= 15 is 0 Å². The normalized spacial score (nSPS) is 13.3. The summed E-state index contributed by atoms with van der Waals surface area (Å²) in [5.74, 6) is 0. The minimum atomic E-state index is -0.145. The Hall–Kier alpha value is -6.58. The van der Waals surface area contributed by atoms with Crippen LogP contribution in [0.2, 0.25) is 0 Å². The second-order valence-electron chi connectivity index (χ2n) is 14.5. The molecule has 0 radical (unpaired) electrons. The SMILES string of the molecule is CC1(C)c2ccccc2-c2c(N(c3ccc4c(c3)oc3ccccc34)c3ccc(-c4ccc5ccccc5c4)c4oc5ccccc5c34)cccc21. The molecule has 0 aliphatic heterocycles. The predicted octanol–water partition coefficient (Wildman–Crippen LogP) is 14.1. The third kappa shape index (κ3) is 4.08. The Morgan fingerprint density at radius 2 is 1.17 bits per heavy atom. The Bertz CT molecular complexity index is 3070. The first-order valence-electron chi connectivity index (χ1n) is 17.9. The van der Waals surface area contributed by atoms with Crippen LogP contribution in [-0.2, 0) is 5.41 Å². The topological polar surface area (TPSA) is 29.5 Å². The Labute approximate surface area is 301 Å². The molecule has 52 heavy (non-hydrogen) atoms. The molecule has 0 bridgehead atoms. The summed E-state index contributed by atoms with van der Waals surface area (Å²) in [6.07, 6.45) is 0. The highest BCUT2D eigenvalue weighted by Crippen LogP contribution is 2.55. The molecular weight excluding hydrogens is 635 g/mol. The van der Waals surface area contributed by atoms with Crippen molar-refractivity contribution in [2.24, 2.45) is 0 Å². The van der Waals surface area contributed by atoms with Crippen LogP contribution in [0, 0.1) is 0 Å². The van der Waals surface area contributed by atoms with E-state index in [-0.39, 0.29) is 5.41 Å². The van der Waals surface area contributed by atoms with Crippen molar-refractivity contribution in [2.75, 3.05) is 4.90 Å². The molecule has 0 N–H and O–H groups in total. The molecule has 8 aromatic carbocycles. The summed E-state index contributed by atoms with van der Waals surface area (Å²) in [7, 11) is 0. The van der Waals surface area contributed by atoms with Crippen LogP contribution >= 0.6 is 0 Å². The van der Waals surface area contributed by atoms with Crippen molar-refractivity contribution < 1.29 is 8.83 Å². The number of hydrogen-bond donors (Lipinski definition) is 0. The average Bonchev–Trinajstić information content (AvgIpc) is 3.83. The lowest BCUT2D eigenvalue weighted by atomic mass is 9.82.